The van der Waals surface area contributed by atoms with Crippen molar-refractivity contribution in [1.82, 2.24) is 15.1 Å². The predicted molar refractivity (Wildman–Crippen MR) is 82.4 cm³/mol. The van der Waals surface area contributed by atoms with Gasteiger partial charge in [-0.25, -0.2) is 0 Å². The van der Waals surface area contributed by atoms with E-state index in [-0.39, 0.29) is 5.91 Å². The SMILES string of the molecule is CCC1CCC(NC(=O)c2ccn(C)n2)(C(N)=S)CC1. The van der Waals surface area contributed by atoms with Gasteiger partial charge in [0.05, 0.1) is 10.5 Å². The Hall–Kier alpha value is -1.43. The first-order valence-electron chi connectivity index (χ1n) is 7.09. The van der Waals surface area contributed by atoms with E-state index in [0.717, 1.165) is 25.7 Å². The van der Waals surface area contributed by atoms with Gasteiger partial charge in [0.15, 0.2) is 0 Å². The van der Waals surface area contributed by atoms with Crippen molar-refractivity contribution in [3.63, 3.8) is 0 Å². The van der Waals surface area contributed by atoms with Gasteiger partial charge in [0.25, 0.3) is 5.91 Å². The minimum atomic E-state index is -0.546. The molecule has 0 aromatic carbocycles. The van der Waals surface area contributed by atoms with Crippen molar-refractivity contribution in [3.8, 4) is 0 Å². The quantitative estimate of drug-likeness (QED) is 0.830. The monoisotopic (exact) mass is 294 g/mol. The van der Waals surface area contributed by atoms with Crippen LogP contribution in [-0.4, -0.2) is 26.2 Å². The van der Waals surface area contributed by atoms with E-state index >= 15 is 0 Å². The van der Waals surface area contributed by atoms with Gasteiger partial charge in [0.2, 0.25) is 0 Å². The molecule has 1 aromatic heterocycles. The number of carbonyl (C=O) groups excluding carboxylic acids is 1. The number of hydrogen-bond acceptors (Lipinski definition) is 3. The highest BCUT2D eigenvalue weighted by molar-refractivity contribution is 7.80. The van der Waals surface area contributed by atoms with E-state index in [9.17, 15) is 4.79 Å². The van der Waals surface area contributed by atoms with Crippen molar-refractivity contribution in [3.05, 3.63) is 18.0 Å². The van der Waals surface area contributed by atoms with Crippen LogP contribution in [-0.2, 0) is 7.05 Å². The molecule has 0 unspecified atom stereocenters. The lowest BCUT2D eigenvalue weighted by Gasteiger charge is -2.39. The van der Waals surface area contributed by atoms with E-state index in [2.05, 4.69) is 17.3 Å². The molecule has 3 N–H and O–H groups in total. The normalized spacial score (nSPS) is 26.2. The number of aromatic nitrogens is 2. The molecule has 1 aromatic rings. The maximum atomic E-state index is 12.3. The Morgan fingerprint density at radius 3 is 2.70 bits per heavy atom. The van der Waals surface area contributed by atoms with Crippen molar-refractivity contribution in [2.75, 3.05) is 0 Å². The highest BCUT2D eigenvalue weighted by Gasteiger charge is 2.39. The van der Waals surface area contributed by atoms with Crippen LogP contribution in [0.15, 0.2) is 12.3 Å². The highest BCUT2D eigenvalue weighted by atomic mass is 32.1. The first kappa shape index (κ1) is 15.0. The molecular weight excluding hydrogens is 272 g/mol. The topological polar surface area (TPSA) is 72.9 Å². The number of nitrogens with two attached hydrogens (primary N) is 1. The van der Waals surface area contributed by atoms with Crippen LogP contribution in [0.25, 0.3) is 0 Å². The summed E-state index contributed by atoms with van der Waals surface area (Å²) < 4.78 is 1.61. The molecule has 0 bridgehead atoms. The number of nitrogens with one attached hydrogen (secondary N) is 1. The second kappa shape index (κ2) is 5.91. The first-order valence-corrected chi connectivity index (χ1v) is 7.50. The van der Waals surface area contributed by atoms with Crippen LogP contribution in [0.1, 0.15) is 49.5 Å². The molecule has 0 saturated heterocycles. The fourth-order valence-corrected chi connectivity index (χ4v) is 3.08. The molecule has 0 radical (unpaired) electrons. The van der Waals surface area contributed by atoms with Crippen LogP contribution in [0.2, 0.25) is 0 Å². The summed E-state index contributed by atoms with van der Waals surface area (Å²) in [5.41, 5.74) is 5.77. The molecule has 20 heavy (non-hydrogen) atoms. The van der Waals surface area contributed by atoms with Gasteiger partial charge in [-0.15, -0.1) is 0 Å². The van der Waals surface area contributed by atoms with Gasteiger partial charge in [-0.05, 0) is 37.7 Å². The molecule has 1 aliphatic rings. The zero-order valence-corrected chi connectivity index (χ0v) is 12.9. The Bertz CT molecular complexity index is 503. The predicted octanol–water partition coefficient (Wildman–Crippen LogP) is 1.77. The van der Waals surface area contributed by atoms with Crippen LogP contribution in [0, 0.1) is 5.92 Å². The maximum absolute atomic E-state index is 12.3. The van der Waals surface area contributed by atoms with Gasteiger partial charge in [-0.1, -0.05) is 25.6 Å². The molecule has 0 atom stereocenters. The van der Waals surface area contributed by atoms with Gasteiger partial charge in [-0.2, -0.15) is 5.10 Å². The van der Waals surface area contributed by atoms with Crippen molar-refractivity contribution in [2.45, 2.75) is 44.6 Å². The van der Waals surface area contributed by atoms with Crippen molar-refractivity contribution in [2.24, 2.45) is 18.7 Å². The number of aryl methyl sites for hydroxylation is 1. The average Bonchev–Trinajstić information content (AvgIpc) is 2.86. The molecule has 0 aliphatic heterocycles. The zero-order valence-electron chi connectivity index (χ0n) is 12.1. The molecule has 1 fully saturated rings. The summed E-state index contributed by atoms with van der Waals surface area (Å²) in [5.74, 6) is 0.512. The smallest absolute Gasteiger partial charge is 0.272 e. The summed E-state index contributed by atoms with van der Waals surface area (Å²) in [6.07, 6.45) is 6.66. The summed E-state index contributed by atoms with van der Waals surface area (Å²) in [6.45, 7) is 2.20. The largest absolute Gasteiger partial charge is 0.391 e. The minimum Gasteiger partial charge on any atom is -0.391 e. The van der Waals surface area contributed by atoms with E-state index < -0.39 is 5.54 Å². The number of thiocarbonyl (C=S) groups is 1. The fourth-order valence-electron chi connectivity index (χ4n) is 2.83. The molecule has 110 valence electrons. The van der Waals surface area contributed by atoms with E-state index in [1.807, 2.05) is 0 Å². The van der Waals surface area contributed by atoms with Crippen LogP contribution in [0.5, 0.6) is 0 Å². The Kier molecular flexibility index (Phi) is 4.42. The average molecular weight is 294 g/mol. The number of hydrogen-bond donors (Lipinski definition) is 2. The standard InChI is InChI=1S/C14H22N4OS/c1-3-10-4-7-14(8-5-10,13(15)20)16-12(19)11-6-9-18(2)17-11/h6,9-10H,3-5,7-8H2,1-2H3,(H2,15,20)(H,16,19). The van der Waals surface area contributed by atoms with Crippen molar-refractivity contribution >= 4 is 23.1 Å². The minimum absolute atomic E-state index is 0.201. The first-order chi connectivity index (χ1) is 9.47. The summed E-state index contributed by atoms with van der Waals surface area (Å²) >= 11 is 5.21. The lowest BCUT2D eigenvalue weighted by atomic mass is 9.75. The molecule has 2 rings (SSSR count). The lowest BCUT2D eigenvalue weighted by molar-refractivity contribution is 0.0892. The van der Waals surface area contributed by atoms with Gasteiger partial charge < -0.3 is 11.1 Å². The molecule has 1 aliphatic carbocycles. The Labute approximate surface area is 124 Å². The van der Waals surface area contributed by atoms with E-state index in [1.54, 1.807) is 24.0 Å². The van der Waals surface area contributed by atoms with Crippen molar-refractivity contribution < 1.29 is 4.79 Å². The lowest BCUT2D eigenvalue weighted by Crippen LogP contribution is -2.58. The zero-order chi connectivity index (χ0) is 14.8. The van der Waals surface area contributed by atoms with E-state index in [0.29, 0.717) is 16.6 Å². The summed E-state index contributed by atoms with van der Waals surface area (Å²) in [7, 11) is 1.78. The van der Waals surface area contributed by atoms with Gasteiger partial charge in [-0.3, -0.25) is 9.48 Å². The third-order valence-electron chi connectivity index (χ3n) is 4.31. The van der Waals surface area contributed by atoms with Crippen LogP contribution in [0.3, 0.4) is 0 Å². The second-order valence-electron chi connectivity index (χ2n) is 5.63. The third-order valence-corrected chi connectivity index (χ3v) is 4.70. The van der Waals surface area contributed by atoms with E-state index in [1.165, 1.54) is 6.42 Å². The van der Waals surface area contributed by atoms with Crippen LogP contribution in [0.4, 0.5) is 0 Å². The van der Waals surface area contributed by atoms with Crippen LogP contribution < -0.4 is 11.1 Å². The van der Waals surface area contributed by atoms with Gasteiger partial charge in [0.1, 0.15) is 5.69 Å². The second-order valence-corrected chi connectivity index (χ2v) is 6.07. The van der Waals surface area contributed by atoms with Gasteiger partial charge in [0, 0.05) is 13.2 Å². The number of nitrogens with zero attached hydrogens (tertiary/aromatic N) is 2. The molecule has 1 saturated carbocycles. The fraction of sp³-hybridized carbons (Fsp3) is 0.643. The molecule has 0 spiro atoms. The summed E-state index contributed by atoms with van der Waals surface area (Å²) in [6, 6.07) is 1.69. The Morgan fingerprint density at radius 2 is 2.25 bits per heavy atom. The van der Waals surface area contributed by atoms with Crippen molar-refractivity contribution in [1.29, 1.82) is 0 Å². The molecule has 6 heteroatoms. The Balaban J connectivity index is 2.10. The van der Waals surface area contributed by atoms with Crippen LogP contribution >= 0.6 is 12.2 Å². The molecular formula is C14H22N4OS. The number of amides is 1. The molecule has 1 amide bonds. The number of carbonyl (C=O) groups is 1. The highest BCUT2D eigenvalue weighted by Crippen LogP contribution is 2.34. The van der Waals surface area contributed by atoms with E-state index in [4.69, 9.17) is 18.0 Å². The summed E-state index contributed by atoms with van der Waals surface area (Å²) in [4.78, 5) is 12.7. The van der Waals surface area contributed by atoms with Gasteiger partial charge >= 0.3 is 0 Å². The molecule has 1 heterocycles. The third kappa shape index (κ3) is 3.00. The number of rotatable bonds is 4. The maximum Gasteiger partial charge on any atom is 0.272 e. The Morgan fingerprint density at radius 1 is 1.60 bits per heavy atom. The molecule has 5 nitrogen and oxygen atoms in total. The summed E-state index contributed by atoms with van der Waals surface area (Å²) in [5, 5.41) is 7.14.